The van der Waals surface area contributed by atoms with Crippen LogP contribution in [0.25, 0.3) is 0 Å². The molecule has 1 fully saturated rings. The number of benzene rings is 3. The summed E-state index contributed by atoms with van der Waals surface area (Å²) in [5.41, 5.74) is 2.26. The van der Waals surface area contributed by atoms with Crippen molar-refractivity contribution < 1.29 is 17.9 Å². The van der Waals surface area contributed by atoms with Crippen LogP contribution < -0.4 is 5.32 Å². The van der Waals surface area contributed by atoms with E-state index in [2.05, 4.69) is 54.6 Å². The van der Waals surface area contributed by atoms with Gasteiger partial charge in [0, 0.05) is 25.7 Å². The fourth-order valence-corrected chi connectivity index (χ4v) is 7.24. The fourth-order valence-electron chi connectivity index (χ4n) is 5.80. The van der Waals surface area contributed by atoms with E-state index in [1.54, 1.807) is 30.3 Å². The molecule has 41 heavy (non-hydrogen) atoms. The standard InChI is InChI=1S/C33H43N3O4S/c1-35(2)33(29-14-8-4-9-15-29)30-20-18-27(19-21-30)24-34-32(37)26-40-23-22-36(25-28-12-6-3-7-13-28)41(38,39)31-16-10-5-11-17-31/h3-17,27,30,33H,18-26H2,1-2H3,(H,34,37). The molecule has 0 radical (unpaired) electrons. The van der Waals surface area contributed by atoms with Crippen LogP contribution in [0.4, 0.5) is 0 Å². The zero-order valence-electron chi connectivity index (χ0n) is 24.2. The molecular formula is C33H43N3O4S. The molecule has 0 aromatic heterocycles. The Hall–Kier alpha value is -3.04. The Balaban J connectivity index is 1.21. The van der Waals surface area contributed by atoms with E-state index in [-0.39, 0.29) is 37.1 Å². The predicted octanol–water partition coefficient (Wildman–Crippen LogP) is 5.12. The summed E-state index contributed by atoms with van der Waals surface area (Å²) < 4.78 is 33.7. The van der Waals surface area contributed by atoms with E-state index < -0.39 is 10.0 Å². The van der Waals surface area contributed by atoms with Crippen molar-refractivity contribution in [3.05, 3.63) is 102 Å². The first-order valence-electron chi connectivity index (χ1n) is 14.5. The summed E-state index contributed by atoms with van der Waals surface area (Å²) in [5, 5.41) is 3.03. The lowest BCUT2D eigenvalue weighted by atomic mass is 9.76. The third kappa shape index (κ3) is 8.97. The van der Waals surface area contributed by atoms with Gasteiger partial charge in [0.15, 0.2) is 0 Å². The maximum Gasteiger partial charge on any atom is 0.246 e. The highest BCUT2D eigenvalue weighted by Crippen LogP contribution is 2.39. The first-order chi connectivity index (χ1) is 19.8. The third-order valence-electron chi connectivity index (χ3n) is 7.92. The molecule has 0 bridgehead atoms. The van der Waals surface area contributed by atoms with Gasteiger partial charge in [-0.3, -0.25) is 4.79 Å². The summed E-state index contributed by atoms with van der Waals surface area (Å²) >= 11 is 0. The van der Waals surface area contributed by atoms with Gasteiger partial charge in [0.25, 0.3) is 0 Å². The van der Waals surface area contributed by atoms with Gasteiger partial charge >= 0.3 is 0 Å². The summed E-state index contributed by atoms with van der Waals surface area (Å²) in [6.45, 7) is 1.07. The van der Waals surface area contributed by atoms with Gasteiger partial charge in [0.2, 0.25) is 15.9 Å². The van der Waals surface area contributed by atoms with Gasteiger partial charge in [0.1, 0.15) is 6.61 Å². The minimum atomic E-state index is -3.71. The van der Waals surface area contributed by atoms with Crippen LogP contribution in [0.3, 0.4) is 0 Å². The second kappa shape index (κ2) is 15.3. The van der Waals surface area contributed by atoms with Gasteiger partial charge in [0.05, 0.1) is 11.5 Å². The Morgan fingerprint density at radius 2 is 1.46 bits per heavy atom. The first kappa shape index (κ1) is 30.9. The average molecular weight is 578 g/mol. The van der Waals surface area contributed by atoms with E-state index in [0.29, 0.717) is 24.4 Å². The van der Waals surface area contributed by atoms with Gasteiger partial charge in [-0.15, -0.1) is 0 Å². The molecule has 8 heteroatoms. The van der Waals surface area contributed by atoms with Gasteiger partial charge in [-0.1, -0.05) is 78.9 Å². The van der Waals surface area contributed by atoms with Crippen molar-refractivity contribution in [3.8, 4) is 0 Å². The van der Waals surface area contributed by atoms with Crippen LogP contribution in [0, 0.1) is 11.8 Å². The normalized spacial score (nSPS) is 18.3. The molecule has 1 amide bonds. The Morgan fingerprint density at radius 1 is 0.878 bits per heavy atom. The van der Waals surface area contributed by atoms with Crippen molar-refractivity contribution in [1.29, 1.82) is 0 Å². The SMILES string of the molecule is CN(C)C(c1ccccc1)C1CCC(CNC(=O)COCCN(Cc2ccccc2)S(=O)(=O)c2ccccc2)CC1. The number of amides is 1. The molecule has 3 aromatic rings. The van der Waals surface area contributed by atoms with E-state index in [1.807, 2.05) is 30.3 Å². The van der Waals surface area contributed by atoms with Crippen molar-refractivity contribution in [2.45, 2.75) is 43.2 Å². The zero-order valence-corrected chi connectivity index (χ0v) is 25.0. The van der Waals surface area contributed by atoms with E-state index >= 15 is 0 Å². The highest BCUT2D eigenvalue weighted by Gasteiger charge is 2.30. The Morgan fingerprint density at radius 3 is 2.07 bits per heavy atom. The van der Waals surface area contributed by atoms with Crippen molar-refractivity contribution in [3.63, 3.8) is 0 Å². The Kier molecular flexibility index (Phi) is 11.5. The average Bonchev–Trinajstić information content (AvgIpc) is 2.99. The highest BCUT2D eigenvalue weighted by atomic mass is 32.2. The van der Waals surface area contributed by atoms with Gasteiger partial charge < -0.3 is 15.0 Å². The van der Waals surface area contributed by atoms with E-state index in [9.17, 15) is 13.2 Å². The number of hydrogen-bond acceptors (Lipinski definition) is 5. The molecule has 1 aliphatic rings. The fraction of sp³-hybridized carbons (Fsp3) is 0.424. The number of ether oxygens (including phenoxy) is 1. The number of carbonyl (C=O) groups is 1. The molecule has 220 valence electrons. The van der Waals surface area contributed by atoms with E-state index in [1.165, 1.54) is 9.87 Å². The van der Waals surface area contributed by atoms with Gasteiger partial charge in [-0.05, 0) is 74.9 Å². The number of rotatable bonds is 14. The molecule has 0 spiro atoms. The molecule has 1 saturated carbocycles. The summed E-state index contributed by atoms with van der Waals surface area (Å²) in [6, 6.07) is 29.0. The highest BCUT2D eigenvalue weighted by molar-refractivity contribution is 7.89. The molecule has 7 nitrogen and oxygen atoms in total. The largest absolute Gasteiger partial charge is 0.370 e. The monoisotopic (exact) mass is 577 g/mol. The summed E-state index contributed by atoms with van der Waals surface area (Å²) in [5.74, 6) is 0.906. The van der Waals surface area contributed by atoms with Gasteiger partial charge in [-0.2, -0.15) is 4.31 Å². The number of sulfonamides is 1. The summed E-state index contributed by atoms with van der Waals surface area (Å²) in [4.78, 5) is 15.1. The molecule has 0 heterocycles. The minimum Gasteiger partial charge on any atom is -0.370 e. The molecule has 1 N–H and O–H groups in total. The second-order valence-corrected chi connectivity index (χ2v) is 13.0. The minimum absolute atomic E-state index is 0.0867. The van der Waals surface area contributed by atoms with Crippen molar-refractivity contribution in [2.75, 3.05) is 40.4 Å². The van der Waals surface area contributed by atoms with Crippen LogP contribution in [0.1, 0.15) is 42.9 Å². The molecule has 0 aliphatic heterocycles. The lowest BCUT2D eigenvalue weighted by Crippen LogP contribution is -2.37. The van der Waals surface area contributed by atoms with Crippen molar-refractivity contribution >= 4 is 15.9 Å². The topological polar surface area (TPSA) is 79.0 Å². The smallest absolute Gasteiger partial charge is 0.246 e. The quantitative estimate of drug-likeness (QED) is 0.269. The van der Waals surface area contributed by atoms with Crippen LogP contribution in [-0.4, -0.2) is 63.9 Å². The lowest BCUT2D eigenvalue weighted by molar-refractivity contribution is -0.126. The van der Waals surface area contributed by atoms with Crippen LogP contribution in [-0.2, 0) is 26.1 Å². The summed E-state index contributed by atoms with van der Waals surface area (Å²) in [7, 11) is 0.600. The maximum absolute atomic E-state index is 13.3. The molecular weight excluding hydrogens is 534 g/mol. The van der Waals surface area contributed by atoms with Crippen molar-refractivity contribution in [2.24, 2.45) is 11.8 Å². The number of nitrogens with zero attached hydrogens (tertiary/aromatic N) is 2. The molecule has 4 rings (SSSR count). The lowest BCUT2D eigenvalue weighted by Gasteiger charge is -2.37. The summed E-state index contributed by atoms with van der Waals surface area (Å²) in [6.07, 6.45) is 4.47. The maximum atomic E-state index is 13.3. The Labute approximate surface area is 245 Å². The number of carbonyl (C=O) groups excluding carboxylic acids is 1. The predicted molar refractivity (Wildman–Crippen MR) is 163 cm³/mol. The number of nitrogens with one attached hydrogen (secondary N) is 1. The number of hydrogen-bond donors (Lipinski definition) is 1. The first-order valence-corrected chi connectivity index (χ1v) is 15.9. The van der Waals surface area contributed by atoms with Crippen LogP contribution >= 0.6 is 0 Å². The van der Waals surface area contributed by atoms with E-state index in [4.69, 9.17) is 4.74 Å². The second-order valence-electron chi connectivity index (χ2n) is 11.1. The van der Waals surface area contributed by atoms with Crippen LogP contribution in [0.15, 0.2) is 95.9 Å². The molecule has 1 atom stereocenters. The van der Waals surface area contributed by atoms with Crippen LogP contribution in [0.5, 0.6) is 0 Å². The Bertz CT molecular complexity index is 1300. The van der Waals surface area contributed by atoms with Gasteiger partial charge in [-0.25, -0.2) is 8.42 Å². The van der Waals surface area contributed by atoms with Crippen molar-refractivity contribution in [1.82, 2.24) is 14.5 Å². The molecule has 0 saturated heterocycles. The molecule has 1 unspecified atom stereocenters. The third-order valence-corrected chi connectivity index (χ3v) is 9.78. The molecule has 1 aliphatic carbocycles. The van der Waals surface area contributed by atoms with Crippen LogP contribution in [0.2, 0.25) is 0 Å². The van der Waals surface area contributed by atoms with E-state index in [0.717, 1.165) is 31.2 Å². The zero-order chi connectivity index (χ0) is 29.1. The molecule has 3 aromatic carbocycles.